The summed E-state index contributed by atoms with van der Waals surface area (Å²) in [6.07, 6.45) is 0. The number of carbonyl (C=O) groups excluding carboxylic acids is 1. The highest BCUT2D eigenvalue weighted by Crippen LogP contribution is 1.99. The molecule has 1 rings (SSSR count). The summed E-state index contributed by atoms with van der Waals surface area (Å²) in [5.41, 5.74) is 0. The first-order valence-corrected chi connectivity index (χ1v) is 4.98. The Balaban J connectivity index is 2.30. The normalized spacial score (nSPS) is 19.2. The Bertz CT molecular complexity index is 157. The molecule has 0 aromatic heterocycles. The molecule has 5 heteroatoms. The molecular formula is C7H14AlN3O. The lowest BCUT2D eigenvalue weighted by Crippen LogP contribution is -2.51. The van der Waals surface area contributed by atoms with Gasteiger partial charge in [-0.15, -0.1) is 0 Å². The third-order valence-corrected chi connectivity index (χ3v) is 2.65. The second-order valence-electron chi connectivity index (χ2n) is 2.84. The molecule has 0 atom stereocenters. The molecule has 0 aromatic carbocycles. The maximum Gasteiger partial charge on any atom is 0.317 e. The predicted octanol–water partition coefficient (Wildman–Crippen LogP) is -0.931. The molecule has 1 heterocycles. The molecule has 1 aliphatic heterocycles. The quantitative estimate of drug-likeness (QED) is 0.533. The van der Waals surface area contributed by atoms with Crippen LogP contribution in [0, 0.1) is 0 Å². The van der Waals surface area contributed by atoms with Crippen molar-refractivity contribution in [1.82, 2.24) is 15.1 Å². The lowest BCUT2D eigenvalue weighted by atomic mass is 10.3. The van der Waals surface area contributed by atoms with E-state index >= 15 is 0 Å². The van der Waals surface area contributed by atoms with Gasteiger partial charge < -0.3 is 15.1 Å². The van der Waals surface area contributed by atoms with E-state index < -0.39 is 0 Å². The van der Waals surface area contributed by atoms with E-state index in [2.05, 4.69) is 26.5 Å². The van der Waals surface area contributed by atoms with Crippen LogP contribution in [0.5, 0.6) is 0 Å². The largest absolute Gasteiger partial charge is 0.341 e. The van der Waals surface area contributed by atoms with E-state index in [1.165, 1.54) is 0 Å². The van der Waals surface area contributed by atoms with Crippen LogP contribution in [0.3, 0.4) is 0 Å². The third kappa shape index (κ3) is 2.38. The van der Waals surface area contributed by atoms with Gasteiger partial charge in [0, 0.05) is 33.2 Å². The van der Waals surface area contributed by atoms with Crippen LogP contribution in [0.15, 0.2) is 0 Å². The first kappa shape index (κ1) is 9.85. The van der Waals surface area contributed by atoms with E-state index in [4.69, 9.17) is 0 Å². The van der Waals surface area contributed by atoms with Crippen molar-refractivity contribution in [3.05, 3.63) is 0 Å². The van der Waals surface area contributed by atoms with Crippen LogP contribution >= 0.6 is 0 Å². The van der Waals surface area contributed by atoms with Gasteiger partial charge in [0.25, 0.3) is 0 Å². The van der Waals surface area contributed by atoms with Crippen molar-refractivity contribution >= 4 is 22.3 Å². The van der Waals surface area contributed by atoms with Crippen molar-refractivity contribution in [2.75, 3.05) is 38.6 Å². The van der Waals surface area contributed by atoms with Gasteiger partial charge in [-0.2, -0.15) is 0 Å². The SMILES string of the molecule is CNC(=O)N1CCN([CH2][Al])CC1. The second-order valence-corrected chi connectivity index (χ2v) is 3.21. The highest BCUT2D eigenvalue weighted by molar-refractivity contribution is 6.08. The first-order chi connectivity index (χ1) is 5.77. The zero-order valence-electron chi connectivity index (χ0n) is 7.42. The van der Waals surface area contributed by atoms with Gasteiger partial charge in [-0.1, -0.05) is 5.41 Å². The minimum atomic E-state index is 0.0402. The summed E-state index contributed by atoms with van der Waals surface area (Å²) in [4.78, 5) is 15.3. The minimum absolute atomic E-state index is 0.0402. The zero-order chi connectivity index (χ0) is 8.97. The summed E-state index contributed by atoms with van der Waals surface area (Å²) in [6, 6.07) is 0.0402. The Morgan fingerprint density at radius 2 is 2.00 bits per heavy atom. The van der Waals surface area contributed by atoms with Crippen LogP contribution in [0.2, 0.25) is 0 Å². The summed E-state index contributed by atoms with van der Waals surface area (Å²) >= 11 is 2.70. The number of rotatable bonds is 1. The van der Waals surface area contributed by atoms with Crippen molar-refractivity contribution in [1.29, 1.82) is 0 Å². The molecule has 12 heavy (non-hydrogen) atoms. The Hall–Kier alpha value is -0.238. The Morgan fingerprint density at radius 1 is 1.42 bits per heavy atom. The van der Waals surface area contributed by atoms with Crippen LogP contribution in [0.4, 0.5) is 4.79 Å². The number of hydrogen-bond donors (Lipinski definition) is 1. The molecule has 0 spiro atoms. The van der Waals surface area contributed by atoms with Crippen LogP contribution < -0.4 is 5.32 Å². The van der Waals surface area contributed by atoms with Crippen molar-refractivity contribution in [2.45, 2.75) is 0 Å². The molecule has 2 amide bonds. The summed E-state index contributed by atoms with van der Waals surface area (Å²) in [6.45, 7) is 3.65. The Kier molecular flexibility index (Phi) is 3.86. The third-order valence-electron chi connectivity index (χ3n) is 2.13. The van der Waals surface area contributed by atoms with E-state index in [0.717, 1.165) is 31.6 Å². The fourth-order valence-electron chi connectivity index (χ4n) is 1.29. The van der Waals surface area contributed by atoms with Gasteiger partial charge in [-0.05, 0) is 0 Å². The molecule has 1 N–H and O–H groups in total. The van der Waals surface area contributed by atoms with Crippen LogP contribution in [0.25, 0.3) is 0 Å². The van der Waals surface area contributed by atoms with Crippen molar-refractivity contribution in [3.8, 4) is 0 Å². The number of hydrogen-bond acceptors (Lipinski definition) is 2. The fraction of sp³-hybridized carbons (Fsp3) is 0.857. The lowest BCUT2D eigenvalue weighted by Gasteiger charge is -2.34. The van der Waals surface area contributed by atoms with Gasteiger partial charge in [-0.3, -0.25) is 0 Å². The van der Waals surface area contributed by atoms with Gasteiger partial charge in [0.15, 0.2) is 0 Å². The lowest BCUT2D eigenvalue weighted by molar-refractivity contribution is 0.152. The molecule has 66 valence electrons. The monoisotopic (exact) mass is 183 g/mol. The van der Waals surface area contributed by atoms with Crippen molar-refractivity contribution < 1.29 is 4.79 Å². The number of carbonyl (C=O) groups is 1. The van der Waals surface area contributed by atoms with Crippen LogP contribution in [0.1, 0.15) is 0 Å². The molecule has 1 saturated heterocycles. The highest BCUT2D eigenvalue weighted by Gasteiger charge is 2.18. The Labute approximate surface area is 81.3 Å². The summed E-state index contributed by atoms with van der Waals surface area (Å²) in [7, 11) is 1.67. The molecular weight excluding hydrogens is 169 g/mol. The molecule has 0 bridgehead atoms. The van der Waals surface area contributed by atoms with Gasteiger partial charge in [0.1, 0.15) is 16.3 Å². The topological polar surface area (TPSA) is 35.6 Å². The molecule has 1 aliphatic rings. The summed E-state index contributed by atoms with van der Waals surface area (Å²) in [5.74, 6) is 0. The van der Waals surface area contributed by atoms with Crippen LogP contribution in [-0.4, -0.2) is 70.8 Å². The van der Waals surface area contributed by atoms with E-state index in [1.54, 1.807) is 7.05 Å². The average Bonchev–Trinajstić information content (AvgIpc) is 2.17. The molecule has 0 saturated carbocycles. The minimum Gasteiger partial charge on any atom is -0.341 e. The highest BCUT2D eigenvalue weighted by atomic mass is 27.0. The standard InChI is InChI=1S/C7H14N3O.Al/c1-8-7(11)10-5-3-9(2)4-6-10;/h2-6H2,1H3,(H,8,11);. The maximum atomic E-state index is 11.2. The van der Waals surface area contributed by atoms with Gasteiger partial charge in [0.2, 0.25) is 0 Å². The molecule has 0 aliphatic carbocycles. The summed E-state index contributed by atoms with van der Waals surface area (Å²) in [5, 5.41) is 3.63. The number of urea groups is 1. The van der Waals surface area contributed by atoms with Gasteiger partial charge in [0.05, 0.1) is 0 Å². The maximum absolute atomic E-state index is 11.2. The summed E-state index contributed by atoms with van der Waals surface area (Å²) < 4.78 is 0. The molecule has 2 radical (unpaired) electrons. The van der Waals surface area contributed by atoms with E-state index in [-0.39, 0.29) is 6.03 Å². The second kappa shape index (κ2) is 4.71. The van der Waals surface area contributed by atoms with Crippen molar-refractivity contribution in [2.24, 2.45) is 0 Å². The van der Waals surface area contributed by atoms with Crippen molar-refractivity contribution in [3.63, 3.8) is 0 Å². The molecule has 0 unspecified atom stereocenters. The molecule has 1 fully saturated rings. The zero-order valence-corrected chi connectivity index (χ0v) is 8.57. The molecule has 4 nitrogen and oxygen atoms in total. The number of nitrogens with one attached hydrogen (secondary N) is 1. The van der Waals surface area contributed by atoms with Gasteiger partial charge in [-0.25, -0.2) is 4.79 Å². The number of nitrogens with zero attached hydrogens (tertiary/aromatic N) is 2. The van der Waals surface area contributed by atoms with E-state index in [9.17, 15) is 4.79 Å². The average molecular weight is 183 g/mol. The van der Waals surface area contributed by atoms with Gasteiger partial charge >= 0.3 is 6.03 Å². The fourth-order valence-corrected chi connectivity index (χ4v) is 1.66. The number of amides is 2. The number of piperazine rings is 1. The van der Waals surface area contributed by atoms with Crippen LogP contribution in [-0.2, 0) is 0 Å². The first-order valence-electron chi connectivity index (χ1n) is 4.17. The van der Waals surface area contributed by atoms with E-state index in [1.807, 2.05) is 4.90 Å². The predicted molar refractivity (Wildman–Crippen MR) is 48.2 cm³/mol. The molecule has 0 aromatic rings. The van der Waals surface area contributed by atoms with E-state index in [0.29, 0.717) is 0 Å². The Morgan fingerprint density at radius 3 is 2.42 bits per heavy atom. The smallest absolute Gasteiger partial charge is 0.317 e.